The molecule has 28 heavy (non-hydrogen) atoms. The van der Waals surface area contributed by atoms with Gasteiger partial charge in [0.25, 0.3) is 0 Å². The fourth-order valence-electron chi connectivity index (χ4n) is 3.48. The number of hydrogen-bond acceptors (Lipinski definition) is 5. The molecule has 2 N–H and O–H groups in total. The monoisotopic (exact) mass is 381 g/mol. The summed E-state index contributed by atoms with van der Waals surface area (Å²) in [7, 11) is 0. The van der Waals surface area contributed by atoms with E-state index in [1.807, 2.05) is 30.3 Å². The molecule has 146 valence electrons. The SMILES string of the molecule is O=C(Cn1nc(C2CCNCC2)n(-c2ccccc2)c1=O)NCc1ccco1. The maximum absolute atomic E-state index is 13.1. The number of para-hydroxylation sites is 1. The van der Waals surface area contributed by atoms with E-state index in [4.69, 9.17) is 4.42 Å². The summed E-state index contributed by atoms with van der Waals surface area (Å²) in [5.74, 6) is 1.28. The van der Waals surface area contributed by atoms with E-state index in [-0.39, 0.29) is 30.6 Å². The average Bonchev–Trinajstić information content (AvgIpc) is 3.36. The van der Waals surface area contributed by atoms with Gasteiger partial charge >= 0.3 is 5.69 Å². The molecule has 0 unspecified atom stereocenters. The largest absolute Gasteiger partial charge is 0.467 e. The Labute approximate surface area is 162 Å². The van der Waals surface area contributed by atoms with Gasteiger partial charge in [0, 0.05) is 5.92 Å². The van der Waals surface area contributed by atoms with Gasteiger partial charge in [-0.3, -0.25) is 4.79 Å². The number of benzene rings is 1. The van der Waals surface area contributed by atoms with Gasteiger partial charge in [-0.05, 0) is 50.2 Å². The molecule has 0 aliphatic carbocycles. The summed E-state index contributed by atoms with van der Waals surface area (Å²) in [5, 5.41) is 10.6. The standard InChI is InChI=1S/C20H23N5O3/c26-18(22-13-17-7-4-12-28-17)14-24-20(27)25(16-5-2-1-3-6-16)19(23-24)15-8-10-21-11-9-15/h1-7,12,15,21H,8-11,13-14H2,(H,22,26). The molecule has 8 heteroatoms. The molecule has 1 aliphatic heterocycles. The van der Waals surface area contributed by atoms with Crippen LogP contribution in [0.5, 0.6) is 0 Å². The predicted molar refractivity (Wildman–Crippen MR) is 103 cm³/mol. The number of carbonyl (C=O) groups excluding carboxylic acids is 1. The van der Waals surface area contributed by atoms with Crippen LogP contribution in [0.4, 0.5) is 0 Å². The van der Waals surface area contributed by atoms with Gasteiger partial charge in [0.2, 0.25) is 5.91 Å². The highest BCUT2D eigenvalue weighted by molar-refractivity contribution is 5.75. The van der Waals surface area contributed by atoms with Crippen molar-refractivity contribution in [1.29, 1.82) is 0 Å². The summed E-state index contributed by atoms with van der Waals surface area (Å²) < 4.78 is 8.10. The van der Waals surface area contributed by atoms with E-state index in [0.717, 1.165) is 37.4 Å². The van der Waals surface area contributed by atoms with Gasteiger partial charge in [0.1, 0.15) is 18.1 Å². The lowest BCUT2D eigenvalue weighted by molar-refractivity contribution is -0.122. The van der Waals surface area contributed by atoms with Crippen LogP contribution in [0.1, 0.15) is 30.3 Å². The van der Waals surface area contributed by atoms with Crippen LogP contribution >= 0.6 is 0 Å². The summed E-state index contributed by atoms with van der Waals surface area (Å²) in [6.45, 7) is 1.94. The Morgan fingerprint density at radius 3 is 2.68 bits per heavy atom. The number of piperidine rings is 1. The van der Waals surface area contributed by atoms with Crippen molar-refractivity contribution < 1.29 is 9.21 Å². The maximum atomic E-state index is 13.1. The van der Waals surface area contributed by atoms with Gasteiger partial charge in [0.05, 0.1) is 18.5 Å². The average molecular weight is 381 g/mol. The van der Waals surface area contributed by atoms with Crippen molar-refractivity contribution >= 4 is 5.91 Å². The van der Waals surface area contributed by atoms with Crippen LogP contribution in [0, 0.1) is 0 Å². The molecule has 2 aromatic heterocycles. The Kier molecular flexibility index (Phi) is 5.38. The van der Waals surface area contributed by atoms with Gasteiger partial charge in [-0.1, -0.05) is 18.2 Å². The van der Waals surface area contributed by atoms with Crippen LogP contribution in [0.25, 0.3) is 5.69 Å². The molecule has 0 radical (unpaired) electrons. The molecule has 1 aromatic carbocycles. The third-order valence-electron chi connectivity index (χ3n) is 4.92. The second-order valence-corrected chi connectivity index (χ2v) is 6.85. The van der Waals surface area contributed by atoms with Crippen LogP contribution in [0.15, 0.2) is 57.9 Å². The number of carbonyl (C=O) groups is 1. The number of hydrogen-bond donors (Lipinski definition) is 2. The summed E-state index contributed by atoms with van der Waals surface area (Å²) in [5.41, 5.74) is 0.469. The van der Waals surface area contributed by atoms with Crippen LogP contribution in [-0.2, 0) is 17.9 Å². The molecule has 0 spiro atoms. The highest BCUT2D eigenvalue weighted by atomic mass is 16.3. The van der Waals surface area contributed by atoms with Crippen molar-refractivity contribution in [2.24, 2.45) is 0 Å². The molecule has 0 bridgehead atoms. The highest BCUT2D eigenvalue weighted by Crippen LogP contribution is 2.24. The molecule has 0 atom stereocenters. The summed E-state index contributed by atoms with van der Waals surface area (Å²) >= 11 is 0. The topological polar surface area (TPSA) is 94.1 Å². The molecular weight excluding hydrogens is 358 g/mol. The molecule has 0 saturated carbocycles. The van der Waals surface area contributed by atoms with Crippen LogP contribution < -0.4 is 16.3 Å². The molecule has 1 fully saturated rings. The number of amides is 1. The minimum absolute atomic E-state index is 0.128. The highest BCUT2D eigenvalue weighted by Gasteiger charge is 2.25. The normalized spacial score (nSPS) is 14.9. The van der Waals surface area contributed by atoms with E-state index < -0.39 is 0 Å². The molecule has 3 heterocycles. The molecular formula is C20H23N5O3. The van der Waals surface area contributed by atoms with Gasteiger partial charge in [-0.2, -0.15) is 5.10 Å². The van der Waals surface area contributed by atoms with Crippen LogP contribution in [-0.4, -0.2) is 33.3 Å². The lowest BCUT2D eigenvalue weighted by Crippen LogP contribution is -2.33. The van der Waals surface area contributed by atoms with Gasteiger partial charge in [0.15, 0.2) is 0 Å². The summed E-state index contributed by atoms with van der Waals surface area (Å²) in [6.07, 6.45) is 3.38. The molecule has 1 amide bonds. The zero-order valence-electron chi connectivity index (χ0n) is 15.5. The van der Waals surface area contributed by atoms with Crippen molar-refractivity contribution in [3.63, 3.8) is 0 Å². The first kappa shape index (κ1) is 18.2. The lowest BCUT2D eigenvalue weighted by atomic mass is 9.97. The third kappa shape index (κ3) is 3.91. The van der Waals surface area contributed by atoms with Crippen LogP contribution in [0.2, 0.25) is 0 Å². The number of nitrogens with one attached hydrogen (secondary N) is 2. The first-order valence-electron chi connectivity index (χ1n) is 9.47. The van der Waals surface area contributed by atoms with Crippen molar-refractivity contribution in [3.05, 3.63) is 70.8 Å². The Morgan fingerprint density at radius 1 is 1.18 bits per heavy atom. The quantitative estimate of drug-likeness (QED) is 0.673. The van der Waals surface area contributed by atoms with E-state index in [1.165, 1.54) is 4.68 Å². The third-order valence-corrected chi connectivity index (χ3v) is 4.92. The number of nitrogens with zero attached hydrogens (tertiary/aromatic N) is 3. The second kappa shape index (κ2) is 8.26. The van der Waals surface area contributed by atoms with Crippen molar-refractivity contribution in [1.82, 2.24) is 25.0 Å². The number of aromatic nitrogens is 3. The summed E-state index contributed by atoms with van der Waals surface area (Å²) in [6, 6.07) is 13.0. The fraction of sp³-hybridized carbons (Fsp3) is 0.350. The summed E-state index contributed by atoms with van der Waals surface area (Å²) in [4.78, 5) is 25.4. The first-order chi connectivity index (χ1) is 13.7. The molecule has 1 saturated heterocycles. The minimum atomic E-state index is -0.298. The van der Waals surface area contributed by atoms with E-state index >= 15 is 0 Å². The van der Waals surface area contributed by atoms with E-state index in [2.05, 4.69) is 15.7 Å². The van der Waals surface area contributed by atoms with E-state index in [0.29, 0.717) is 5.76 Å². The lowest BCUT2D eigenvalue weighted by Gasteiger charge is -2.22. The van der Waals surface area contributed by atoms with Crippen LogP contribution in [0.3, 0.4) is 0 Å². The predicted octanol–water partition coefficient (Wildman–Crippen LogP) is 1.41. The number of rotatable bonds is 6. The maximum Gasteiger partial charge on any atom is 0.351 e. The number of furan rings is 1. The smallest absolute Gasteiger partial charge is 0.351 e. The Morgan fingerprint density at radius 2 is 1.96 bits per heavy atom. The second-order valence-electron chi connectivity index (χ2n) is 6.85. The van der Waals surface area contributed by atoms with Crippen molar-refractivity contribution in [2.45, 2.75) is 31.8 Å². The Hall–Kier alpha value is -3.13. The van der Waals surface area contributed by atoms with Crippen molar-refractivity contribution in [3.8, 4) is 5.69 Å². The molecule has 1 aliphatic rings. The zero-order chi connectivity index (χ0) is 19.3. The minimum Gasteiger partial charge on any atom is -0.467 e. The fourth-order valence-corrected chi connectivity index (χ4v) is 3.48. The Bertz CT molecular complexity index is 969. The van der Waals surface area contributed by atoms with Crippen molar-refractivity contribution in [2.75, 3.05) is 13.1 Å². The Balaban J connectivity index is 1.59. The molecule has 4 rings (SSSR count). The van der Waals surface area contributed by atoms with Gasteiger partial charge < -0.3 is 15.1 Å². The van der Waals surface area contributed by atoms with Gasteiger partial charge in [-0.25, -0.2) is 14.0 Å². The molecule has 3 aromatic rings. The first-order valence-corrected chi connectivity index (χ1v) is 9.47. The zero-order valence-corrected chi connectivity index (χ0v) is 15.5. The van der Waals surface area contributed by atoms with E-state index in [9.17, 15) is 9.59 Å². The molecule has 8 nitrogen and oxygen atoms in total. The van der Waals surface area contributed by atoms with E-state index in [1.54, 1.807) is 23.0 Å². The van der Waals surface area contributed by atoms with Gasteiger partial charge in [-0.15, -0.1) is 0 Å².